The van der Waals surface area contributed by atoms with Crippen molar-refractivity contribution in [3.63, 3.8) is 0 Å². The highest BCUT2D eigenvalue weighted by Crippen LogP contribution is 2.25. The summed E-state index contributed by atoms with van der Waals surface area (Å²) in [7, 11) is -7.69. The lowest BCUT2D eigenvalue weighted by molar-refractivity contribution is -0.117. The number of anilines is 3. The number of carbonyl (C=O) groups excluding carboxylic acids is 1. The Morgan fingerprint density at radius 3 is 1.66 bits per heavy atom. The maximum absolute atomic E-state index is 12.7. The van der Waals surface area contributed by atoms with E-state index in [1.165, 1.54) is 36.4 Å². The number of carbonyl (C=O) groups is 1. The van der Waals surface area contributed by atoms with Crippen molar-refractivity contribution in [1.29, 1.82) is 0 Å². The number of hydrogen-bond acceptors (Lipinski definition) is 5. The van der Waals surface area contributed by atoms with Crippen LogP contribution in [0.25, 0.3) is 0 Å². The summed E-state index contributed by atoms with van der Waals surface area (Å²) in [5.41, 5.74) is 1.31. The van der Waals surface area contributed by atoms with Gasteiger partial charge in [0.15, 0.2) is 0 Å². The third kappa shape index (κ3) is 4.76. The van der Waals surface area contributed by atoms with Crippen LogP contribution in [-0.2, 0) is 24.8 Å². The normalized spacial score (nSPS) is 14.4. The zero-order valence-corrected chi connectivity index (χ0v) is 18.6. The molecule has 0 aliphatic carbocycles. The molecule has 4 rings (SSSR count). The number of nitrogens with one attached hydrogen (secondary N) is 2. The summed E-state index contributed by atoms with van der Waals surface area (Å²) >= 11 is 0. The van der Waals surface area contributed by atoms with Gasteiger partial charge in [0.05, 0.1) is 9.79 Å². The molecule has 1 aliphatic heterocycles. The fraction of sp³-hybridized carbons (Fsp3) is 0.136. The van der Waals surface area contributed by atoms with Crippen molar-refractivity contribution in [2.24, 2.45) is 0 Å². The maximum Gasteiger partial charge on any atom is 0.261 e. The van der Waals surface area contributed by atoms with E-state index in [0.717, 1.165) is 6.42 Å². The van der Waals surface area contributed by atoms with Crippen LogP contribution in [0, 0.1) is 0 Å². The molecular weight excluding hydrogens is 450 g/mol. The number of nitrogens with zero attached hydrogens (tertiary/aromatic N) is 1. The van der Waals surface area contributed by atoms with Gasteiger partial charge in [0.2, 0.25) is 5.91 Å². The topological polar surface area (TPSA) is 113 Å². The molecule has 1 heterocycles. The van der Waals surface area contributed by atoms with E-state index < -0.39 is 20.0 Å². The second-order valence-corrected chi connectivity index (χ2v) is 10.6. The average molecular weight is 472 g/mol. The van der Waals surface area contributed by atoms with E-state index >= 15 is 0 Å². The lowest BCUT2D eigenvalue weighted by atomic mass is 10.3. The van der Waals surface area contributed by atoms with Gasteiger partial charge in [-0.25, -0.2) is 16.8 Å². The highest BCUT2D eigenvalue weighted by molar-refractivity contribution is 7.93. The lowest BCUT2D eigenvalue weighted by Crippen LogP contribution is -2.23. The summed E-state index contributed by atoms with van der Waals surface area (Å²) in [6, 6.07) is 20.0. The van der Waals surface area contributed by atoms with E-state index in [4.69, 9.17) is 0 Å². The van der Waals surface area contributed by atoms with Crippen LogP contribution in [-0.4, -0.2) is 29.3 Å². The van der Waals surface area contributed by atoms with Crippen molar-refractivity contribution in [2.45, 2.75) is 22.6 Å². The summed E-state index contributed by atoms with van der Waals surface area (Å²) < 4.78 is 55.3. The second-order valence-electron chi connectivity index (χ2n) is 7.24. The van der Waals surface area contributed by atoms with Crippen LogP contribution in [0.1, 0.15) is 12.8 Å². The van der Waals surface area contributed by atoms with Gasteiger partial charge >= 0.3 is 0 Å². The van der Waals surface area contributed by atoms with Gasteiger partial charge in [0, 0.05) is 30.0 Å². The fourth-order valence-electron chi connectivity index (χ4n) is 3.36. The average Bonchev–Trinajstić information content (AvgIpc) is 3.20. The number of benzene rings is 3. The molecule has 1 amide bonds. The Kier molecular flexibility index (Phi) is 5.90. The molecule has 0 aromatic heterocycles. The van der Waals surface area contributed by atoms with Crippen LogP contribution in [0.4, 0.5) is 17.1 Å². The molecule has 2 N–H and O–H groups in total. The molecule has 1 fully saturated rings. The largest absolute Gasteiger partial charge is 0.312 e. The number of amides is 1. The minimum Gasteiger partial charge on any atom is -0.312 e. The van der Waals surface area contributed by atoms with Gasteiger partial charge in [0.1, 0.15) is 0 Å². The number of rotatable bonds is 7. The number of sulfonamides is 2. The van der Waals surface area contributed by atoms with E-state index in [2.05, 4.69) is 9.44 Å². The van der Waals surface area contributed by atoms with E-state index in [-0.39, 0.29) is 21.4 Å². The minimum atomic E-state index is -3.88. The van der Waals surface area contributed by atoms with Gasteiger partial charge < -0.3 is 4.90 Å². The van der Waals surface area contributed by atoms with Gasteiger partial charge in [0.25, 0.3) is 20.0 Å². The first kappa shape index (κ1) is 21.8. The monoisotopic (exact) mass is 471 g/mol. The summed E-state index contributed by atoms with van der Waals surface area (Å²) in [6.45, 7) is 0.623. The molecule has 10 heteroatoms. The summed E-state index contributed by atoms with van der Waals surface area (Å²) in [4.78, 5) is 13.5. The zero-order valence-electron chi connectivity index (χ0n) is 16.9. The molecule has 3 aromatic carbocycles. The van der Waals surface area contributed by atoms with E-state index in [1.807, 2.05) is 0 Å². The molecule has 0 unspecified atom stereocenters. The molecule has 1 saturated heterocycles. The molecule has 3 aromatic rings. The highest BCUT2D eigenvalue weighted by Gasteiger charge is 2.22. The molecule has 166 valence electrons. The van der Waals surface area contributed by atoms with Gasteiger partial charge in [-0.2, -0.15) is 0 Å². The van der Waals surface area contributed by atoms with Crippen LogP contribution in [0.2, 0.25) is 0 Å². The Labute approximate surface area is 187 Å². The van der Waals surface area contributed by atoms with E-state index in [1.54, 1.807) is 47.4 Å². The van der Waals surface area contributed by atoms with Crippen molar-refractivity contribution in [2.75, 3.05) is 20.9 Å². The van der Waals surface area contributed by atoms with Gasteiger partial charge in [-0.15, -0.1) is 0 Å². The van der Waals surface area contributed by atoms with Crippen LogP contribution < -0.4 is 14.3 Å². The Balaban J connectivity index is 1.47. The summed E-state index contributed by atoms with van der Waals surface area (Å²) in [5.74, 6) is 0.0236. The Bertz CT molecular complexity index is 1320. The third-order valence-corrected chi connectivity index (χ3v) is 7.77. The van der Waals surface area contributed by atoms with Crippen molar-refractivity contribution >= 4 is 43.0 Å². The van der Waals surface area contributed by atoms with Gasteiger partial charge in [-0.3, -0.25) is 14.2 Å². The van der Waals surface area contributed by atoms with Crippen LogP contribution in [0.5, 0.6) is 0 Å². The van der Waals surface area contributed by atoms with Crippen molar-refractivity contribution in [3.05, 3.63) is 78.9 Å². The summed E-state index contributed by atoms with van der Waals surface area (Å²) in [6.07, 6.45) is 1.28. The maximum atomic E-state index is 12.7. The molecule has 0 radical (unpaired) electrons. The number of hydrogen-bond donors (Lipinski definition) is 2. The SMILES string of the molecule is O=C1CCCN1c1ccc(S(=O)(=O)Nc2ccc(S(=O)(=O)Nc3ccccc3)cc2)cc1. The second kappa shape index (κ2) is 8.64. The van der Waals surface area contributed by atoms with E-state index in [0.29, 0.717) is 24.3 Å². The molecule has 0 spiro atoms. The quantitative estimate of drug-likeness (QED) is 0.548. The smallest absolute Gasteiger partial charge is 0.261 e. The molecule has 32 heavy (non-hydrogen) atoms. The fourth-order valence-corrected chi connectivity index (χ4v) is 5.48. The van der Waals surface area contributed by atoms with Crippen molar-refractivity contribution < 1.29 is 21.6 Å². The first-order valence-corrected chi connectivity index (χ1v) is 12.8. The van der Waals surface area contributed by atoms with Crippen LogP contribution in [0.3, 0.4) is 0 Å². The number of para-hydroxylation sites is 1. The van der Waals surface area contributed by atoms with E-state index in [9.17, 15) is 21.6 Å². The van der Waals surface area contributed by atoms with Gasteiger partial charge in [-0.1, -0.05) is 18.2 Å². The van der Waals surface area contributed by atoms with Gasteiger partial charge in [-0.05, 0) is 67.1 Å². The first-order chi connectivity index (χ1) is 15.2. The molecule has 8 nitrogen and oxygen atoms in total. The Morgan fingerprint density at radius 2 is 1.16 bits per heavy atom. The molecule has 0 bridgehead atoms. The predicted octanol–water partition coefficient (Wildman–Crippen LogP) is 3.42. The lowest BCUT2D eigenvalue weighted by Gasteiger charge is -2.16. The summed E-state index contributed by atoms with van der Waals surface area (Å²) in [5, 5.41) is 0. The van der Waals surface area contributed by atoms with Crippen molar-refractivity contribution in [3.8, 4) is 0 Å². The molecule has 0 saturated carbocycles. The highest BCUT2D eigenvalue weighted by atomic mass is 32.2. The molecule has 0 atom stereocenters. The Hall–Kier alpha value is -3.37. The molecule has 1 aliphatic rings. The Morgan fingerprint density at radius 1 is 0.656 bits per heavy atom. The minimum absolute atomic E-state index is 0.00364. The van der Waals surface area contributed by atoms with Crippen LogP contribution >= 0.6 is 0 Å². The predicted molar refractivity (Wildman–Crippen MR) is 123 cm³/mol. The van der Waals surface area contributed by atoms with Crippen LogP contribution in [0.15, 0.2) is 88.7 Å². The zero-order chi connectivity index (χ0) is 22.8. The standard InChI is InChI=1S/C22H21N3O5S2/c26-22-7-4-16-25(22)19-10-14-21(15-11-19)32(29,30)24-18-8-12-20(13-9-18)31(27,28)23-17-5-2-1-3-6-17/h1-3,5-6,8-15,23-24H,4,7,16H2. The first-order valence-electron chi connectivity index (χ1n) is 9.86. The molecular formula is C22H21N3O5S2. The third-order valence-electron chi connectivity index (χ3n) is 4.97. The van der Waals surface area contributed by atoms with Crippen molar-refractivity contribution in [1.82, 2.24) is 0 Å².